The van der Waals surface area contributed by atoms with Crippen molar-refractivity contribution >= 4 is 39.2 Å². The second kappa shape index (κ2) is 8.33. The van der Waals surface area contributed by atoms with Gasteiger partial charge in [-0.15, -0.1) is 5.10 Å². The molecule has 6 aromatic rings. The Bertz CT molecular complexity index is 1590. The normalized spacial score (nSPS) is 11.7. The number of hydrogen-bond acceptors (Lipinski definition) is 4. The summed E-state index contributed by atoms with van der Waals surface area (Å²) in [5.41, 5.74) is 5.14. The molecule has 1 N–H and O–H groups in total. The largest absolute Gasteiger partial charge is 0.361 e. The number of nitrogens with one attached hydrogen (secondary N) is 1. The number of para-hydroxylation sites is 2. The molecular formula is C26H20FN5S. The van der Waals surface area contributed by atoms with E-state index >= 15 is 0 Å². The molecule has 0 saturated heterocycles. The first-order valence-electron chi connectivity index (χ1n) is 10.8. The summed E-state index contributed by atoms with van der Waals surface area (Å²) in [5.74, 6) is 1.23. The molecule has 0 fully saturated rings. The highest BCUT2D eigenvalue weighted by molar-refractivity contribution is 7.98. The van der Waals surface area contributed by atoms with Gasteiger partial charge in [0.15, 0.2) is 16.6 Å². The van der Waals surface area contributed by atoms with E-state index in [1.165, 1.54) is 23.1 Å². The Morgan fingerprint density at radius 3 is 2.52 bits per heavy atom. The van der Waals surface area contributed by atoms with Gasteiger partial charge in [-0.3, -0.25) is 0 Å². The van der Waals surface area contributed by atoms with Crippen LogP contribution >= 0.6 is 11.8 Å². The molecular weight excluding hydrogens is 433 g/mol. The number of rotatable bonds is 6. The quantitative estimate of drug-likeness (QED) is 0.249. The maximum absolute atomic E-state index is 13.3. The molecule has 33 heavy (non-hydrogen) atoms. The number of hydrogen-bond donors (Lipinski definition) is 1. The predicted octanol–water partition coefficient (Wildman–Crippen LogP) is 5.98. The Labute approximate surface area is 193 Å². The lowest BCUT2D eigenvalue weighted by atomic mass is 10.1. The van der Waals surface area contributed by atoms with Gasteiger partial charge < -0.3 is 4.98 Å². The zero-order chi connectivity index (χ0) is 22.2. The number of fused-ring (bicyclic) bond motifs is 4. The van der Waals surface area contributed by atoms with Crippen molar-refractivity contribution < 1.29 is 4.39 Å². The minimum absolute atomic E-state index is 0.230. The van der Waals surface area contributed by atoms with E-state index in [1.807, 2.05) is 34.8 Å². The molecule has 0 amide bonds. The topological polar surface area (TPSA) is 58.9 Å². The van der Waals surface area contributed by atoms with Crippen LogP contribution in [0.4, 0.5) is 4.39 Å². The zero-order valence-corrected chi connectivity index (χ0v) is 18.5. The van der Waals surface area contributed by atoms with Gasteiger partial charge in [0, 0.05) is 34.7 Å². The smallest absolute Gasteiger partial charge is 0.191 e. The first kappa shape index (κ1) is 19.9. The summed E-state index contributed by atoms with van der Waals surface area (Å²) in [5, 5.41) is 7.82. The summed E-state index contributed by atoms with van der Waals surface area (Å²) < 4.78 is 15.1. The molecule has 7 heteroatoms. The molecule has 0 saturated carbocycles. The Hall–Kier alpha value is -3.71. The van der Waals surface area contributed by atoms with E-state index < -0.39 is 0 Å². The number of benzene rings is 3. The van der Waals surface area contributed by atoms with Crippen LogP contribution in [0.3, 0.4) is 0 Å². The summed E-state index contributed by atoms with van der Waals surface area (Å²) in [6.07, 6.45) is 3.66. The summed E-state index contributed by atoms with van der Waals surface area (Å²) in [6, 6.07) is 22.9. The summed E-state index contributed by atoms with van der Waals surface area (Å²) in [4.78, 5) is 13.1. The van der Waals surface area contributed by atoms with Crippen LogP contribution in [0.15, 0.2) is 84.1 Å². The molecule has 5 nitrogen and oxygen atoms in total. The molecule has 0 radical (unpaired) electrons. The fourth-order valence-electron chi connectivity index (χ4n) is 4.09. The first-order valence-corrected chi connectivity index (χ1v) is 11.8. The average Bonchev–Trinajstić information content (AvgIpc) is 3.47. The molecule has 3 aromatic heterocycles. The van der Waals surface area contributed by atoms with Crippen molar-refractivity contribution in [2.45, 2.75) is 23.8 Å². The number of H-pyrrole nitrogens is 1. The molecule has 162 valence electrons. The maximum atomic E-state index is 13.3. The van der Waals surface area contributed by atoms with E-state index in [4.69, 9.17) is 15.1 Å². The van der Waals surface area contributed by atoms with E-state index in [-0.39, 0.29) is 5.82 Å². The second-order valence-electron chi connectivity index (χ2n) is 7.95. The Morgan fingerprint density at radius 1 is 0.848 bits per heavy atom. The van der Waals surface area contributed by atoms with E-state index in [9.17, 15) is 4.39 Å². The Balaban J connectivity index is 1.33. The van der Waals surface area contributed by atoms with Crippen LogP contribution in [-0.4, -0.2) is 24.6 Å². The Morgan fingerprint density at radius 2 is 1.64 bits per heavy atom. The fourth-order valence-corrected chi connectivity index (χ4v) is 4.99. The minimum Gasteiger partial charge on any atom is -0.361 e. The van der Waals surface area contributed by atoms with Crippen LogP contribution in [0.2, 0.25) is 0 Å². The van der Waals surface area contributed by atoms with Gasteiger partial charge in [-0.1, -0.05) is 54.2 Å². The highest BCUT2D eigenvalue weighted by atomic mass is 32.2. The number of aryl methyl sites for hydroxylation is 2. The number of nitrogens with zero attached hydrogens (tertiary/aromatic N) is 4. The predicted molar refractivity (Wildman–Crippen MR) is 130 cm³/mol. The van der Waals surface area contributed by atoms with Gasteiger partial charge in [-0.2, -0.15) is 4.52 Å². The fraction of sp³-hybridized carbons (Fsp3) is 0.115. The lowest BCUT2D eigenvalue weighted by molar-refractivity contribution is 0.627. The number of thioether (sulfide) groups is 1. The summed E-state index contributed by atoms with van der Waals surface area (Å²) >= 11 is 1.58. The second-order valence-corrected chi connectivity index (χ2v) is 8.89. The van der Waals surface area contributed by atoms with Crippen molar-refractivity contribution in [1.29, 1.82) is 0 Å². The SMILES string of the molecule is Fc1ccc(CSc2nc3ccccc3c3nc(CCc4c[nH]c5ccccc45)nn23)cc1. The van der Waals surface area contributed by atoms with Crippen LogP contribution in [0.5, 0.6) is 0 Å². The van der Waals surface area contributed by atoms with Gasteiger partial charge in [0.05, 0.1) is 5.52 Å². The molecule has 0 spiro atoms. The molecule has 3 aromatic carbocycles. The van der Waals surface area contributed by atoms with Crippen molar-refractivity contribution in [3.63, 3.8) is 0 Å². The molecule has 0 aliphatic rings. The Kier molecular flexibility index (Phi) is 5.03. The van der Waals surface area contributed by atoms with Crippen LogP contribution in [0, 0.1) is 5.82 Å². The van der Waals surface area contributed by atoms with Gasteiger partial charge >= 0.3 is 0 Å². The number of aromatic nitrogens is 5. The third-order valence-corrected chi connectivity index (χ3v) is 6.77. The van der Waals surface area contributed by atoms with Crippen molar-refractivity contribution in [2.24, 2.45) is 0 Å². The maximum Gasteiger partial charge on any atom is 0.191 e. The van der Waals surface area contributed by atoms with Gasteiger partial charge in [0.1, 0.15) is 5.82 Å². The zero-order valence-electron chi connectivity index (χ0n) is 17.7. The van der Waals surface area contributed by atoms with Gasteiger partial charge in [0.25, 0.3) is 0 Å². The van der Waals surface area contributed by atoms with Gasteiger partial charge in [-0.25, -0.2) is 14.4 Å². The van der Waals surface area contributed by atoms with Gasteiger partial charge in [-0.05, 0) is 47.9 Å². The molecule has 0 aliphatic carbocycles. The average molecular weight is 454 g/mol. The highest BCUT2D eigenvalue weighted by Crippen LogP contribution is 2.27. The molecule has 0 aliphatic heterocycles. The van der Waals surface area contributed by atoms with Crippen molar-refractivity contribution in [3.8, 4) is 0 Å². The molecule has 3 heterocycles. The standard InChI is InChI=1S/C26H20FN5S/c27-19-12-9-17(10-13-19)16-33-26-29-23-8-4-2-6-21(23)25-30-24(31-32(25)26)14-11-18-15-28-22-7-3-1-5-20(18)22/h1-10,12-13,15,28H,11,14,16H2. The van der Waals surface area contributed by atoms with Gasteiger partial charge in [0.2, 0.25) is 0 Å². The minimum atomic E-state index is -0.230. The summed E-state index contributed by atoms with van der Waals surface area (Å²) in [7, 11) is 0. The van der Waals surface area contributed by atoms with E-state index in [2.05, 4.69) is 29.4 Å². The number of halogens is 1. The third kappa shape index (κ3) is 3.85. The molecule has 6 rings (SSSR count). The van der Waals surface area contributed by atoms with Crippen LogP contribution in [-0.2, 0) is 18.6 Å². The van der Waals surface area contributed by atoms with Crippen LogP contribution in [0.1, 0.15) is 17.0 Å². The van der Waals surface area contributed by atoms with Crippen LogP contribution < -0.4 is 0 Å². The molecule has 0 atom stereocenters. The summed E-state index contributed by atoms with van der Waals surface area (Å²) in [6.45, 7) is 0. The lowest BCUT2D eigenvalue weighted by Crippen LogP contribution is -1.99. The van der Waals surface area contributed by atoms with E-state index in [1.54, 1.807) is 23.9 Å². The molecule has 0 unspecified atom stereocenters. The highest BCUT2D eigenvalue weighted by Gasteiger charge is 2.14. The first-order chi connectivity index (χ1) is 16.2. The van der Waals surface area contributed by atoms with E-state index in [0.717, 1.165) is 51.5 Å². The monoisotopic (exact) mass is 453 g/mol. The molecule has 0 bridgehead atoms. The van der Waals surface area contributed by atoms with E-state index in [0.29, 0.717) is 5.75 Å². The third-order valence-electron chi connectivity index (χ3n) is 5.77. The van der Waals surface area contributed by atoms with Crippen molar-refractivity contribution in [2.75, 3.05) is 0 Å². The number of aromatic amines is 1. The van der Waals surface area contributed by atoms with Crippen LogP contribution in [0.25, 0.3) is 27.5 Å². The van der Waals surface area contributed by atoms with Crippen molar-refractivity contribution in [3.05, 3.63) is 102 Å². The lowest BCUT2D eigenvalue weighted by Gasteiger charge is -2.06. The van der Waals surface area contributed by atoms with Crippen molar-refractivity contribution in [1.82, 2.24) is 24.6 Å².